The van der Waals surface area contributed by atoms with Crippen molar-refractivity contribution >= 4 is 35.0 Å². The molecule has 0 aliphatic carbocycles. The van der Waals surface area contributed by atoms with Crippen molar-refractivity contribution in [3.8, 4) is 11.5 Å². The van der Waals surface area contributed by atoms with Crippen molar-refractivity contribution in [3.05, 3.63) is 113 Å². The predicted octanol–water partition coefficient (Wildman–Crippen LogP) is 4.39. The number of carbonyl (C=O) groups is 1. The van der Waals surface area contributed by atoms with E-state index in [4.69, 9.17) is 18.6 Å². The number of esters is 1. The third-order valence-electron chi connectivity index (χ3n) is 6.40. The van der Waals surface area contributed by atoms with Gasteiger partial charge >= 0.3 is 11.9 Å². The fourth-order valence-corrected chi connectivity index (χ4v) is 5.54. The molecule has 2 aromatic heterocycles. The highest BCUT2D eigenvalue weighted by Crippen LogP contribution is 2.35. The number of aromatic nitrogens is 1. The molecule has 0 unspecified atom stereocenters. The first-order valence-electron chi connectivity index (χ1n) is 13.2. The number of furan rings is 1. The van der Waals surface area contributed by atoms with Crippen LogP contribution in [0.5, 0.6) is 11.5 Å². The van der Waals surface area contributed by atoms with E-state index in [1.165, 1.54) is 16.7 Å². The third-order valence-corrected chi connectivity index (χ3v) is 7.39. The zero-order valence-electron chi connectivity index (χ0n) is 23.1. The Morgan fingerprint density at radius 3 is 2.57 bits per heavy atom. The molecule has 11 nitrogen and oxygen atoms in total. The number of nitrogens with zero attached hydrogens (tertiary/aromatic N) is 3. The smallest absolute Gasteiger partial charge is 0.433 e. The molecule has 1 aliphatic rings. The molecular formula is C30H27N3O8S. The van der Waals surface area contributed by atoms with Crippen LogP contribution in [0.1, 0.15) is 43.7 Å². The van der Waals surface area contributed by atoms with Gasteiger partial charge in [-0.25, -0.2) is 9.79 Å². The second-order valence-electron chi connectivity index (χ2n) is 9.13. The summed E-state index contributed by atoms with van der Waals surface area (Å²) in [4.78, 5) is 42.0. The molecule has 0 N–H and O–H groups in total. The fraction of sp³-hybridized carbons (Fsp3) is 0.233. The van der Waals surface area contributed by atoms with Crippen LogP contribution >= 0.6 is 11.3 Å². The van der Waals surface area contributed by atoms with E-state index >= 15 is 0 Å². The minimum atomic E-state index is -1.02. The first-order valence-corrected chi connectivity index (χ1v) is 14.0. The van der Waals surface area contributed by atoms with E-state index < -0.39 is 22.8 Å². The second-order valence-corrected chi connectivity index (χ2v) is 10.1. The molecule has 0 amide bonds. The number of allylic oxidation sites excluding steroid dienone is 1. The molecule has 3 heterocycles. The number of hydrogen-bond donors (Lipinski definition) is 0. The SMILES string of the molecule is CCOC(=O)C1=C(C)n2c(s/c(=C\c3ccc(OCc4ccccc4)c(OCC)c3)c2=O)=N[C@@H]1c1ccc([N+](=O)[O-])o1. The average molecular weight is 590 g/mol. The van der Waals surface area contributed by atoms with Gasteiger partial charge < -0.3 is 18.6 Å². The van der Waals surface area contributed by atoms with E-state index in [-0.39, 0.29) is 23.5 Å². The van der Waals surface area contributed by atoms with Crippen LogP contribution in [0.3, 0.4) is 0 Å². The van der Waals surface area contributed by atoms with Crippen LogP contribution in [0.2, 0.25) is 0 Å². The van der Waals surface area contributed by atoms with Crippen LogP contribution in [0.15, 0.2) is 80.4 Å². The summed E-state index contributed by atoms with van der Waals surface area (Å²) in [6, 6.07) is 16.7. The monoisotopic (exact) mass is 589 g/mol. The van der Waals surface area contributed by atoms with Crippen LogP contribution in [0, 0.1) is 10.1 Å². The molecule has 1 aliphatic heterocycles. The Kier molecular flexibility index (Phi) is 8.34. The molecule has 0 radical (unpaired) electrons. The molecule has 42 heavy (non-hydrogen) atoms. The molecule has 0 saturated carbocycles. The molecule has 0 saturated heterocycles. The number of nitro groups is 1. The lowest BCUT2D eigenvalue weighted by Gasteiger charge is -2.20. The van der Waals surface area contributed by atoms with Gasteiger partial charge in [-0.3, -0.25) is 19.5 Å². The minimum absolute atomic E-state index is 0.0681. The highest BCUT2D eigenvalue weighted by Gasteiger charge is 2.34. The normalized spacial score (nSPS) is 14.7. The van der Waals surface area contributed by atoms with Gasteiger partial charge in [0.2, 0.25) is 0 Å². The number of benzene rings is 2. The first-order chi connectivity index (χ1) is 20.3. The largest absolute Gasteiger partial charge is 0.490 e. The summed E-state index contributed by atoms with van der Waals surface area (Å²) in [6.07, 6.45) is 1.71. The summed E-state index contributed by atoms with van der Waals surface area (Å²) in [5.74, 6) is 0.0287. The van der Waals surface area contributed by atoms with Crippen LogP contribution in [0.25, 0.3) is 11.8 Å². The Morgan fingerprint density at radius 1 is 1.10 bits per heavy atom. The van der Waals surface area contributed by atoms with Gasteiger partial charge in [-0.05, 0) is 56.2 Å². The van der Waals surface area contributed by atoms with E-state index in [1.54, 1.807) is 32.1 Å². The first kappa shape index (κ1) is 28.6. The zero-order valence-corrected chi connectivity index (χ0v) is 23.9. The summed E-state index contributed by atoms with van der Waals surface area (Å²) in [5, 5.41) is 11.2. The molecule has 0 bridgehead atoms. The molecule has 0 spiro atoms. The summed E-state index contributed by atoms with van der Waals surface area (Å²) >= 11 is 1.12. The van der Waals surface area contributed by atoms with Crippen molar-refractivity contribution in [1.29, 1.82) is 0 Å². The quantitative estimate of drug-likeness (QED) is 0.151. The Balaban J connectivity index is 1.56. The minimum Gasteiger partial charge on any atom is -0.490 e. The van der Waals surface area contributed by atoms with E-state index in [0.717, 1.165) is 16.9 Å². The standard InChI is InChI=1S/C30H27N3O8S/c1-4-38-23-15-20(11-12-21(23)40-17-19-9-7-6-8-10-19)16-24-28(34)32-18(3)26(29(35)39-5-2)27(31-30(32)42-24)22-13-14-25(41-22)33(36)37/h6-16,27H,4-5,17H2,1-3H3/b24-16-/t27-/m1/s1. The molecule has 4 aromatic rings. The molecule has 2 aromatic carbocycles. The van der Waals surface area contributed by atoms with Crippen LogP contribution in [-0.4, -0.2) is 28.7 Å². The van der Waals surface area contributed by atoms with Gasteiger partial charge in [0.25, 0.3) is 5.56 Å². The van der Waals surface area contributed by atoms with Crippen molar-refractivity contribution in [2.24, 2.45) is 4.99 Å². The van der Waals surface area contributed by atoms with Gasteiger partial charge in [0.05, 0.1) is 29.4 Å². The Hall–Kier alpha value is -4.97. The van der Waals surface area contributed by atoms with E-state index in [9.17, 15) is 19.7 Å². The highest BCUT2D eigenvalue weighted by molar-refractivity contribution is 7.07. The number of thiazole rings is 1. The molecule has 0 fully saturated rings. The lowest BCUT2D eigenvalue weighted by molar-refractivity contribution is -0.402. The number of ether oxygens (including phenoxy) is 3. The van der Waals surface area contributed by atoms with Gasteiger partial charge in [-0.2, -0.15) is 0 Å². The summed E-state index contributed by atoms with van der Waals surface area (Å²) in [6.45, 7) is 6.03. The lowest BCUT2D eigenvalue weighted by atomic mass is 10.0. The summed E-state index contributed by atoms with van der Waals surface area (Å²) in [5.41, 5.74) is 1.72. The number of hydrogen-bond acceptors (Lipinski definition) is 10. The fourth-order valence-electron chi connectivity index (χ4n) is 4.50. The Morgan fingerprint density at radius 2 is 1.88 bits per heavy atom. The maximum absolute atomic E-state index is 13.6. The average Bonchev–Trinajstić information content (AvgIpc) is 3.59. The van der Waals surface area contributed by atoms with Crippen molar-refractivity contribution < 1.29 is 28.3 Å². The van der Waals surface area contributed by atoms with Gasteiger partial charge in [0, 0.05) is 5.70 Å². The maximum atomic E-state index is 13.6. The molecule has 1 atom stereocenters. The van der Waals surface area contributed by atoms with Crippen LogP contribution < -0.4 is 24.4 Å². The van der Waals surface area contributed by atoms with Crippen LogP contribution in [0.4, 0.5) is 5.88 Å². The van der Waals surface area contributed by atoms with Crippen molar-refractivity contribution in [2.45, 2.75) is 33.4 Å². The van der Waals surface area contributed by atoms with Crippen molar-refractivity contribution in [1.82, 2.24) is 4.57 Å². The lowest BCUT2D eigenvalue weighted by Crippen LogP contribution is -2.35. The number of rotatable bonds is 10. The number of fused-ring (bicyclic) bond motifs is 1. The van der Waals surface area contributed by atoms with Crippen LogP contribution in [-0.2, 0) is 16.1 Å². The zero-order chi connectivity index (χ0) is 29.8. The Bertz CT molecular complexity index is 1850. The molecule has 12 heteroatoms. The van der Waals surface area contributed by atoms with Gasteiger partial charge in [-0.1, -0.05) is 47.7 Å². The van der Waals surface area contributed by atoms with Gasteiger partial charge in [-0.15, -0.1) is 0 Å². The summed E-state index contributed by atoms with van der Waals surface area (Å²) in [7, 11) is 0. The Labute approximate surface area is 243 Å². The molecule has 5 rings (SSSR count). The third kappa shape index (κ3) is 5.75. The summed E-state index contributed by atoms with van der Waals surface area (Å²) < 4.78 is 24.1. The topological polar surface area (TPSA) is 135 Å². The van der Waals surface area contributed by atoms with Gasteiger partial charge in [0.15, 0.2) is 16.3 Å². The number of carbonyl (C=O) groups excluding carboxylic acids is 1. The van der Waals surface area contributed by atoms with Gasteiger partial charge in [0.1, 0.15) is 23.3 Å². The highest BCUT2D eigenvalue weighted by atomic mass is 32.1. The molecular weight excluding hydrogens is 562 g/mol. The van der Waals surface area contributed by atoms with Crippen molar-refractivity contribution in [3.63, 3.8) is 0 Å². The van der Waals surface area contributed by atoms with E-state index in [2.05, 4.69) is 4.99 Å². The van der Waals surface area contributed by atoms with E-state index in [0.29, 0.717) is 45.3 Å². The molecule has 216 valence electrons. The predicted molar refractivity (Wildman–Crippen MR) is 155 cm³/mol. The van der Waals surface area contributed by atoms with E-state index in [1.807, 2.05) is 43.3 Å². The maximum Gasteiger partial charge on any atom is 0.433 e. The van der Waals surface area contributed by atoms with Crippen molar-refractivity contribution in [2.75, 3.05) is 13.2 Å². The second kappa shape index (κ2) is 12.3.